The molecule has 5 nitrogen and oxygen atoms in total. The zero-order valence-electron chi connectivity index (χ0n) is 17.4. The van der Waals surface area contributed by atoms with Crippen molar-refractivity contribution in [3.8, 4) is 0 Å². The largest absolute Gasteiger partial charge is 0.376 e. The molecule has 1 fully saturated rings. The lowest BCUT2D eigenvalue weighted by Crippen LogP contribution is -2.40. The topological polar surface area (TPSA) is 57.4 Å². The van der Waals surface area contributed by atoms with Gasteiger partial charge in [-0.15, -0.1) is 0 Å². The fraction of sp³-hybridized carbons (Fsp3) is 0.333. The van der Waals surface area contributed by atoms with Gasteiger partial charge in [0.05, 0.1) is 18.2 Å². The predicted octanol–water partition coefficient (Wildman–Crippen LogP) is 4.52. The fourth-order valence-electron chi connectivity index (χ4n) is 3.92. The van der Waals surface area contributed by atoms with Crippen LogP contribution in [0.5, 0.6) is 0 Å². The van der Waals surface area contributed by atoms with E-state index in [2.05, 4.69) is 23.3 Å². The highest BCUT2D eigenvalue weighted by atomic mass is 32.1. The third-order valence-electron chi connectivity index (χ3n) is 5.64. The third kappa shape index (κ3) is 4.55. The van der Waals surface area contributed by atoms with Gasteiger partial charge < -0.3 is 19.9 Å². The van der Waals surface area contributed by atoms with Crippen LogP contribution in [0.3, 0.4) is 0 Å². The van der Waals surface area contributed by atoms with Crippen molar-refractivity contribution >= 4 is 33.9 Å². The summed E-state index contributed by atoms with van der Waals surface area (Å²) in [5, 5.41) is 4.97. The van der Waals surface area contributed by atoms with Gasteiger partial charge in [0.1, 0.15) is 0 Å². The Morgan fingerprint density at radius 2 is 1.97 bits per heavy atom. The van der Waals surface area contributed by atoms with Gasteiger partial charge in [0.25, 0.3) is 5.56 Å². The Balaban J connectivity index is 1.63. The van der Waals surface area contributed by atoms with Crippen molar-refractivity contribution in [3.05, 3.63) is 75.6 Å². The number of hydrogen-bond donors (Lipinski definition) is 2. The predicted molar refractivity (Wildman–Crippen MR) is 126 cm³/mol. The van der Waals surface area contributed by atoms with Crippen molar-refractivity contribution in [1.29, 1.82) is 0 Å². The zero-order chi connectivity index (χ0) is 21.1. The number of nitrogens with zero attached hydrogens (tertiary/aromatic N) is 1. The molecule has 0 radical (unpaired) electrons. The molecule has 0 bridgehead atoms. The third-order valence-corrected chi connectivity index (χ3v) is 6.00. The highest BCUT2D eigenvalue weighted by molar-refractivity contribution is 7.80. The fourth-order valence-corrected chi connectivity index (χ4v) is 4.18. The van der Waals surface area contributed by atoms with Crippen molar-refractivity contribution < 1.29 is 4.74 Å². The number of aryl methyl sites for hydroxylation is 2. The number of aromatic nitrogens is 1. The first kappa shape index (κ1) is 20.6. The summed E-state index contributed by atoms with van der Waals surface area (Å²) in [7, 11) is 0. The Morgan fingerprint density at radius 3 is 2.70 bits per heavy atom. The summed E-state index contributed by atoms with van der Waals surface area (Å²) in [6, 6.07) is 16.0. The number of ether oxygens (including phenoxy) is 1. The van der Waals surface area contributed by atoms with Crippen LogP contribution in [-0.2, 0) is 11.3 Å². The van der Waals surface area contributed by atoms with Crippen molar-refractivity contribution in [1.82, 2.24) is 9.88 Å². The van der Waals surface area contributed by atoms with Crippen LogP contribution in [0.4, 0.5) is 5.69 Å². The second kappa shape index (κ2) is 8.98. The van der Waals surface area contributed by atoms with E-state index in [4.69, 9.17) is 17.0 Å². The summed E-state index contributed by atoms with van der Waals surface area (Å²) < 4.78 is 5.84. The number of rotatable bonds is 5. The first-order valence-electron chi connectivity index (χ1n) is 10.4. The van der Waals surface area contributed by atoms with Gasteiger partial charge in [-0.25, -0.2) is 0 Å². The van der Waals surface area contributed by atoms with Gasteiger partial charge in [0.15, 0.2) is 5.11 Å². The normalized spacial score (nSPS) is 16.0. The first-order valence-corrected chi connectivity index (χ1v) is 10.8. The number of aromatic amines is 1. The number of nitrogens with one attached hydrogen (secondary N) is 2. The van der Waals surface area contributed by atoms with Crippen LogP contribution in [0.2, 0.25) is 0 Å². The van der Waals surface area contributed by atoms with Crippen LogP contribution in [-0.4, -0.2) is 34.3 Å². The molecule has 0 amide bonds. The van der Waals surface area contributed by atoms with Gasteiger partial charge in [-0.05, 0) is 68.2 Å². The van der Waals surface area contributed by atoms with E-state index in [9.17, 15) is 4.79 Å². The van der Waals surface area contributed by atoms with Gasteiger partial charge in [0.2, 0.25) is 0 Å². The summed E-state index contributed by atoms with van der Waals surface area (Å²) in [6.45, 7) is 5.95. The number of H-pyrrole nitrogens is 1. The number of hydrogen-bond acceptors (Lipinski definition) is 3. The number of thiocarbonyl (C=S) groups is 1. The summed E-state index contributed by atoms with van der Waals surface area (Å²) in [5.41, 5.74) is 4.67. The number of benzene rings is 2. The molecule has 6 heteroatoms. The Hall–Kier alpha value is -2.70. The molecule has 1 aromatic heterocycles. The number of pyridine rings is 1. The molecule has 3 aromatic rings. The summed E-state index contributed by atoms with van der Waals surface area (Å²) in [6.07, 6.45) is 2.20. The van der Waals surface area contributed by atoms with E-state index in [1.165, 1.54) is 0 Å². The van der Waals surface area contributed by atoms with Crippen LogP contribution in [0.25, 0.3) is 10.9 Å². The van der Waals surface area contributed by atoms with E-state index >= 15 is 0 Å². The minimum Gasteiger partial charge on any atom is -0.376 e. The Kier molecular flexibility index (Phi) is 6.16. The number of fused-ring (bicyclic) bond motifs is 1. The van der Waals surface area contributed by atoms with E-state index in [0.29, 0.717) is 23.8 Å². The van der Waals surface area contributed by atoms with Gasteiger partial charge in [-0.3, -0.25) is 4.79 Å². The van der Waals surface area contributed by atoms with E-state index in [1.54, 1.807) is 0 Å². The molecule has 30 heavy (non-hydrogen) atoms. The highest BCUT2D eigenvalue weighted by Crippen LogP contribution is 2.21. The second-order valence-corrected chi connectivity index (χ2v) is 8.31. The average Bonchev–Trinajstić information content (AvgIpc) is 3.25. The van der Waals surface area contributed by atoms with E-state index in [-0.39, 0.29) is 11.7 Å². The summed E-state index contributed by atoms with van der Waals surface area (Å²) in [5.74, 6) is 0. The quantitative estimate of drug-likeness (QED) is 0.593. The molecule has 0 aliphatic carbocycles. The first-order chi connectivity index (χ1) is 14.5. The van der Waals surface area contributed by atoms with Crippen molar-refractivity contribution in [2.24, 2.45) is 0 Å². The molecule has 0 spiro atoms. The number of anilines is 1. The molecule has 4 rings (SSSR count). The molecule has 156 valence electrons. The van der Waals surface area contributed by atoms with Crippen LogP contribution in [0.1, 0.15) is 29.5 Å². The average molecular weight is 422 g/mol. The maximum absolute atomic E-state index is 12.9. The molecule has 0 unspecified atom stereocenters. The van der Waals surface area contributed by atoms with Crippen LogP contribution in [0.15, 0.2) is 53.3 Å². The molecule has 1 aliphatic rings. The van der Waals surface area contributed by atoms with Crippen molar-refractivity contribution in [2.75, 3.05) is 18.5 Å². The molecule has 1 aliphatic heterocycles. The van der Waals surface area contributed by atoms with Gasteiger partial charge in [-0.1, -0.05) is 30.3 Å². The van der Waals surface area contributed by atoms with E-state index in [1.807, 2.05) is 54.3 Å². The molecular formula is C24H27N3O2S. The van der Waals surface area contributed by atoms with Crippen LogP contribution >= 0.6 is 12.2 Å². The van der Waals surface area contributed by atoms with Gasteiger partial charge in [0, 0.05) is 29.8 Å². The highest BCUT2D eigenvalue weighted by Gasteiger charge is 2.22. The van der Waals surface area contributed by atoms with Crippen LogP contribution < -0.4 is 10.9 Å². The monoisotopic (exact) mass is 421 g/mol. The summed E-state index contributed by atoms with van der Waals surface area (Å²) >= 11 is 5.72. The van der Waals surface area contributed by atoms with Crippen molar-refractivity contribution in [3.63, 3.8) is 0 Å². The lowest BCUT2D eigenvalue weighted by atomic mass is 10.0. The van der Waals surface area contributed by atoms with Crippen molar-refractivity contribution in [2.45, 2.75) is 39.3 Å². The maximum Gasteiger partial charge on any atom is 0.253 e. The van der Waals surface area contributed by atoms with E-state index < -0.39 is 0 Å². The Labute approximate surface area is 182 Å². The molecule has 2 N–H and O–H groups in total. The molecular weight excluding hydrogens is 394 g/mol. The maximum atomic E-state index is 12.9. The Bertz CT molecular complexity index is 1100. The van der Waals surface area contributed by atoms with Gasteiger partial charge >= 0.3 is 0 Å². The van der Waals surface area contributed by atoms with Gasteiger partial charge in [-0.2, -0.15) is 0 Å². The lowest BCUT2D eigenvalue weighted by Gasteiger charge is -2.28. The SMILES string of the molecule is Cc1ccc(C)c2[nH]c(=O)c(CN(C[C@@H]3CCCO3)C(=S)Nc3ccccc3)cc12. The standard InChI is InChI=1S/C24H27N3O2S/c1-16-10-11-17(2)22-21(16)13-18(23(28)26-22)14-27(15-20-9-6-12-29-20)24(30)25-19-7-4-3-5-8-19/h3-5,7-8,10-11,13,20H,6,9,12,14-15H2,1-2H3,(H,25,30)(H,26,28)/t20-/m0/s1. The number of para-hydroxylation sites is 1. The van der Waals surface area contributed by atoms with E-state index in [0.717, 1.165) is 47.2 Å². The zero-order valence-corrected chi connectivity index (χ0v) is 18.2. The second-order valence-electron chi connectivity index (χ2n) is 7.92. The minimum atomic E-state index is -0.0731. The molecule has 0 saturated carbocycles. The molecule has 1 atom stereocenters. The Morgan fingerprint density at radius 1 is 1.20 bits per heavy atom. The lowest BCUT2D eigenvalue weighted by molar-refractivity contribution is 0.0904. The smallest absolute Gasteiger partial charge is 0.253 e. The molecule has 1 saturated heterocycles. The molecule has 2 heterocycles. The summed E-state index contributed by atoms with van der Waals surface area (Å²) in [4.78, 5) is 18.0. The van der Waals surface area contributed by atoms with Crippen LogP contribution in [0, 0.1) is 13.8 Å². The molecule has 2 aromatic carbocycles. The minimum absolute atomic E-state index is 0.0731.